The summed E-state index contributed by atoms with van der Waals surface area (Å²) in [6.45, 7) is 0. The van der Waals surface area contributed by atoms with E-state index in [4.69, 9.17) is 9.47 Å². The van der Waals surface area contributed by atoms with Crippen LogP contribution in [0, 0.1) is 15.9 Å². The third kappa shape index (κ3) is 3.05. The summed E-state index contributed by atoms with van der Waals surface area (Å²) >= 11 is 3.26. The Morgan fingerprint density at radius 1 is 1.20 bits per heavy atom. The fourth-order valence-corrected chi connectivity index (χ4v) is 1.97. The Labute approximate surface area is 122 Å². The number of methoxy groups -OCH3 is 1. The molecule has 0 aliphatic rings. The quantitative estimate of drug-likeness (QED) is 0.614. The van der Waals surface area contributed by atoms with E-state index in [1.54, 1.807) is 18.2 Å². The van der Waals surface area contributed by atoms with Crippen LogP contribution < -0.4 is 9.47 Å². The minimum Gasteiger partial charge on any atom is -0.497 e. The van der Waals surface area contributed by atoms with E-state index >= 15 is 0 Å². The van der Waals surface area contributed by atoms with Crippen LogP contribution in [0.5, 0.6) is 17.2 Å². The molecule has 2 aromatic carbocycles. The maximum absolute atomic E-state index is 13.2. The summed E-state index contributed by atoms with van der Waals surface area (Å²) in [6.07, 6.45) is 0. The second-order valence-electron chi connectivity index (χ2n) is 3.77. The van der Waals surface area contributed by atoms with Crippen LogP contribution in [-0.4, -0.2) is 12.0 Å². The number of rotatable bonds is 4. The zero-order valence-corrected chi connectivity index (χ0v) is 11.9. The number of nitro groups is 1. The number of benzene rings is 2. The van der Waals surface area contributed by atoms with Gasteiger partial charge in [-0.2, -0.15) is 0 Å². The van der Waals surface area contributed by atoms with E-state index < -0.39 is 10.7 Å². The summed E-state index contributed by atoms with van der Waals surface area (Å²) < 4.78 is 24.2. The molecule has 0 radical (unpaired) electrons. The Bertz CT molecular complexity index is 663. The van der Waals surface area contributed by atoms with Gasteiger partial charge in [0.15, 0.2) is 0 Å². The van der Waals surface area contributed by atoms with Crippen molar-refractivity contribution in [2.24, 2.45) is 0 Å². The summed E-state index contributed by atoms with van der Waals surface area (Å²) in [5.41, 5.74) is -0.311. The Balaban J connectivity index is 2.39. The topological polar surface area (TPSA) is 61.6 Å². The summed E-state index contributed by atoms with van der Waals surface area (Å²) in [4.78, 5) is 10.2. The molecule has 5 nitrogen and oxygen atoms in total. The first-order valence-electron chi connectivity index (χ1n) is 5.46. The molecule has 0 aromatic heterocycles. The third-order valence-corrected chi connectivity index (χ3v) is 3.10. The molecule has 0 fully saturated rings. The molecule has 0 heterocycles. The van der Waals surface area contributed by atoms with Crippen LogP contribution in [0.4, 0.5) is 10.1 Å². The Morgan fingerprint density at radius 2 is 1.95 bits per heavy atom. The highest BCUT2D eigenvalue weighted by Gasteiger charge is 2.17. The van der Waals surface area contributed by atoms with Gasteiger partial charge in [-0.15, -0.1) is 0 Å². The molecular weight excluding hydrogens is 333 g/mol. The lowest BCUT2D eigenvalue weighted by molar-refractivity contribution is -0.385. The van der Waals surface area contributed by atoms with Crippen LogP contribution in [0.3, 0.4) is 0 Å². The van der Waals surface area contributed by atoms with Crippen molar-refractivity contribution in [3.63, 3.8) is 0 Å². The van der Waals surface area contributed by atoms with E-state index in [2.05, 4.69) is 15.9 Å². The maximum atomic E-state index is 13.2. The molecule has 0 aliphatic heterocycles. The van der Waals surface area contributed by atoms with Gasteiger partial charge in [-0.1, -0.05) is 0 Å². The van der Waals surface area contributed by atoms with Crippen molar-refractivity contribution in [2.45, 2.75) is 0 Å². The third-order valence-electron chi connectivity index (χ3n) is 2.48. The van der Waals surface area contributed by atoms with Gasteiger partial charge in [0.1, 0.15) is 17.3 Å². The van der Waals surface area contributed by atoms with Crippen molar-refractivity contribution in [2.75, 3.05) is 7.11 Å². The summed E-state index contributed by atoms with van der Waals surface area (Å²) in [7, 11) is 1.51. The lowest BCUT2D eigenvalue weighted by atomic mass is 10.3. The zero-order chi connectivity index (χ0) is 14.7. The van der Waals surface area contributed by atoms with Gasteiger partial charge in [0.2, 0.25) is 5.75 Å². The zero-order valence-electron chi connectivity index (χ0n) is 10.3. The largest absolute Gasteiger partial charge is 0.497 e. The molecule has 0 unspecified atom stereocenters. The minimum atomic E-state index is -0.633. The first-order valence-corrected chi connectivity index (χ1v) is 6.26. The monoisotopic (exact) mass is 341 g/mol. The van der Waals surface area contributed by atoms with Crippen LogP contribution in [0.2, 0.25) is 0 Å². The molecule has 2 rings (SSSR count). The molecule has 0 saturated carbocycles. The van der Waals surface area contributed by atoms with Crippen molar-refractivity contribution in [1.29, 1.82) is 0 Å². The molecule has 0 amide bonds. The number of nitro benzene ring substituents is 1. The Kier molecular flexibility index (Phi) is 4.19. The van der Waals surface area contributed by atoms with Crippen LogP contribution >= 0.6 is 15.9 Å². The standard InChI is InChI=1S/C13H9BrFNO4/c1-19-9-3-5-12(10(14)7-9)20-13-6-8(15)2-4-11(13)16(17)18/h2-7H,1H3. The van der Waals surface area contributed by atoms with Gasteiger partial charge in [0.25, 0.3) is 0 Å². The first kappa shape index (κ1) is 14.3. The maximum Gasteiger partial charge on any atom is 0.311 e. The van der Waals surface area contributed by atoms with E-state index in [1.165, 1.54) is 7.11 Å². The van der Waals surface area contributed by atoms with Crippen LogP contribution in [0.25, 0.3) is 0 Å². The number of hydrogen-bond acceptors (Lipinski definition) is 4. The predicted molar refractivity (Wildman–Crippen MR) is 73.8 cm³/mol. The molecule has 20 heavy (non-hydrogen) atoms. The molecule has 2 aromatic rings. The molecule has 0 bridgehead atoms. The summed E-state index contributed by atoms with van der Waals surface area (Å²) in [5.74, 6) is 0.133. The smallest absolute Gasteiger partial charge is 0.311 e. The normalized spacial score (nSPS) is 10.2. The van der Waals surface area contributed by atoms with Gasteiger partial charge >= 0.3 is 5.69 Å². The van der Waals surface area contributed by atoms with Crippen LogP contribution in [-0.2, 0) is 0 Å². The molecule has 0 aliphatic carbocycles. The Hall–Kier alpha value is -2.15. The van der Waals surface area contributed by atoms with Gasteiger partial charge < -0.3 is 9.47 Å². The van der Waals surface area contributed by atoms with E-state index in [9.17, 15) is 14.5 Å². The summed E-state index contributed by atoms with van der Waals surface area (Å²) in [6, 6.07) is 7.87. The fraction of sp³-hybridized carbons (Fsp3) is 0.0769. The number of nitrogens with zero attached hydrogens (tertiary/aromatic N) is 1. The second kappa shape index (κ2) is 5.87. The number of ether oxygens (including phenoxy) is 2. The highest BCUT2D eigenvalue weighted by Crippen LogP contribution is 2.36. The predicted octanol–water partition coefficient (Wildman–Crippen LogP) is 4.30. The van der Waals surface area contributed by atoms with Crippen molar-refractivity contribution >= 4 is 21.6 Å². The van der Waals surface area contributed by atoms with E-state index in [1.807, 2.05) is 0 Å². The van der Waals surface area contributed by atoms with E-state index in [0.717, 1.165) is 18.2 Å². The average Bonchev–Trinajstić information content (AvgIpc) is 2.40. The average molecular weight is 342 g/mol. The molecule has 0 spiro atoms. The lowest BCUT2D eigenvalue weighted by Gasteiger charge is -2.09. The minimum absolute atomic E-state index is 0.166. The van der Waals surface area contributed by atoms with Crippen LogP contribution in [0.15, 0.2) is 40.9 Å². The van der Waals surface area contributed by atoms with Crippen molar-refractivity contribution < 1.29 is 18.8 Å². The molecule has 0 saturated heterocycles. The Morgan fingerprint density at radius 3 is 2.55 bits per heavy atom. The molecule has 104 valence electrons. The molecule has 0 atom stereocenters. The SMILES string of the molecule is COc1ccc(Oc2cc(F)ccc2[N+](=O)[O-])c(Br)c1. The van der Waals surface area contributed by atoms with Gasteiger partial charge in [0, 0.05) is 12.1 Å². The lowest BCUT2D eigenvalue weighted by Crippen LogP contribution is -1.95. The van der Waals surface area contributed by atoms with Crippen molar-refractivity contribution in [3.8, 4) is 17.2 Å². The first-order chi connectivity index (χ1) is 9.51. The fourth-order valence-electron chi connectivity index (χ4n) is 1.53. The van der Waals surface area contributed by atoms with E-state index in [-0.39, 0.29) is 11.4 Å². The molecule has 7 heteroatoms. The second-order valence-corrected chi connectivity index (χ2v) is 4.62. The number of halogens is 2. The van der Waals surface area contributed by atoms with E-state index in [0.29, 0.717) is 16.0 Å². The van der Waals surface area contributed by atoms with Gasteiger partial charge in [-0.3, -0.25) is 10.1 Å². The van der Waals surface area contributed by atoms with Crippen molar-refractivity contribution in [1.82, 2.24) is 0 Å². The van der Waals surface area contributed by atoms with Crippen LogP contribution in [0.1, 0.15) is 0 Å². The van der Waals surface area contributed by atoms with Crippen molar-refractivity contribution in [3.05, 3.63) is 56.8 Å². The molecular formula is C13H9BrFNO4. The van der Waals surface area contributed by atoms with Gasteiger partial charge in [-0.05, 0) is 40.2 Å². The molecule has 0 N–H and O–H groups in total. The van der Waals surface area contributed by atoms with Gasteiger partial charge in [0.05, 0.1) is 16.5 Å². The highest BCUT2D eigenvalue weighted by molar-refractivity contribution is 9.10. The highest BCUT2D eigenvalue weighted by atomic mass is 79.9. The summed E-state index contributed by atoms with van der Waals surface area (Å²) in [5, 5.41) is 10.9. The number of hydrogen-bond donors (Lipinski definition) is 0. The van der Waals surface area contributed by atoms with Gasteiger partial charge in [-0.25, -0.2) is 4.39 Å².